The number of nitrogens with one attached hydrogen (secondary N) is 1. The highest BCUT2D eigenvalue weighted by molar-refractivity contribution is 6.30. The van der Waals surface area contributed by atoms with E-state index in [4.69, 9.17) is 11.6 Å². The molecule has 9 heteroatoms. The lowest BCUT2D eigenvalue weighted by molar-refractivity contribution is -0.122. The SMILES string of the molecule is CCCCn1cnc2c1c(=O)n(CC(=O)NC(C)c1ccc(Cl)cc1)c(=O)n2CCCC. The Morgan fingerprint density at radius 2 is 1.72 bits per heavy atom. The number of aryl methyl sites for hydroxylation is 2. The van der Waals surface area contributed by atoms with Crippen molar-refractivity contribution < 1.29 is 4.79 Å². The third kappa shape index (κ3) is 5.12. The number of hydrogen-bond donors (Lipinski definition) is 1. The minimum atomic E-state index is -0.508. The van der Waals surface area contributed by atoms with E-state index in [1.807, 2.05) is 26.0 Å². The van der Waals surface area contributed by atoms with E-state index < -0.39 is 17.2 Å². The molecule has 2 aromatic heterocycles. The van der Waals surface area contributed by atoms with E-state index in [2.05, 4.69) is 17.2 Å². The fourth-order valence-corrected chi connectivity index (χ4v) is 3.79. The molecule has 0 bridgehead atoms. The quantitative estimate of drug-likeness (QED) is 0.502. The summed E-state index contributed by atoms with van der Waals surface area (Å²) in [5.74, 6) is -0.410. The van der Waals surface area contributed by atoms with Crippen LogP contribution in [0.25, 0.3) is 11.2 Å². The third-order valence-corrected chi connectivity index (χ3v) is 5.77. The molecule has 0 radical (unpaired) electrons. The van der Waals surface area contributed by atoms with Crippen molar-refractivity contribution in [1.29, 1.82) is 0 Å². The van der Waals surface area contributed by atoms with Crippen LogP contribution >= 0.6 is 11.6 Å². The first-order valence-electron chi connectivity index (χ1n) is 11.1. The second kappa shape index (κ2) is 10.6. The van der Waals surface area contributed by atoms with Crippen molar-refractivity contribution in [2.75, 3.05) is 0 Å². The van der Waals surface area contributed by atoms with E-state index in [1.54, 1.807) is 23.0 Å². The predicted molar refractivity (Wildman–Crippen MR) is 126 cm³/mol. The van der Waals surface area contributed by atoms with Crippen LogP contribution in [0, 0.1) is 0 Å². The normalized spacial score (nSPS) is 12.2. The predicted octanol–water partition coefficient (Wildman–Crippen LogP) is 3.49. The van der Waals surface area contributed by atoms with E-state index in [1.165, 1.54) is 4.57 Å². The van der Waals surface area contributed by atoms with Crippen LogP contribution in [0.3, 0.4) is 0 Å². The van der Waals surface area contributed by atoms with Gasteiger partial charge in [0.2, 0.25) is 5.91 Å². The molecular formula is C23H30ClN5O3. The van der Waals surface area contributed by atoms with Crippen molar-refractivity contribution in [3.63, 3.8) is 0 Å². The van der Waals surface area contributed by atoms with Gasteiger partial charge in [-0.05, 0) is 37.5 Å². The molecule has 1 unspecified atom stereocenters. The molecule has 1 amide bonds. The van der Waals surface area contributed by atoms with Gasteiger partial charge < -0.3 is 9.88 Å². The van der Waals surface area contributed by atoms with Crippen molar-refractivity contribution in [2.24, 2.45) is 0 Å². The summed E-state index contributed by atoms with van der Waals surface area (Å²) < 4.78 is 4.32. The van der Waals surface area contributed by atoms with E-state index in [9.17, 15) is 14.4 Å². The molecule has 1 atom stereocenters. The molecular weight excluding hydrogens is 430 g/mol. The van der Waals surface area contributed by atoms with Crippen LogP contribution in [-0.2, 0) is 24.4 Å². The van der Waals surface area contributed by atoms with Crippen molar-refractivity contribution in [3.8, 4) is 0 Å². The molecule has 0 aliphatic heterocycles. The largest absolute Gasteiger partial charge is 0.348 e. The molecule has 0 saturated heterocycles. The van der Waals surface area contributed by atoms with Crippen molar-refractivity contribution >= 4 is 28.7 Å². The molecule has 1 N–H and O–H groups in total. The number of nitrogens with zero attached hydrogens (tertiary/aromatic N) is 4. The van der Waals surface area contributed by atoms with Crippen molar-refractivity contribution in [3.05, 3.63) is 62.0 Å². The molecule has 0 fully saturated rings. The Bertz CT molecular complexity index is 1190. The van der Waals surface area contributed by atoms with Crippen molar-refractivity contribution in [2.45, 2.75) is 72.1 Å². The first kappa shape index (κ1) is 23.8. The number of benzene rings is 1. The number of fused-ring (bicyclic) bond motifs is 1. The van der Waals surface area contributed by atoms with Crippen LogP contribution in [0.2, 0.25) is 5.02 Å². The lowest BCUT2D eigenvalue weighted by Crippen LogP contribution is -2.44. The van der Waals surface area contributed by atoms with Crippen LogP contribution < -0.4 is 16.6 Å². The number of aromatic nitrogens is 4. The summed E-state index contributed by atoms with van der Waals surface area (Å²) in [5.41, 5.74) is 0.638. The number of halogens is 1. The molecule has 8 nitrogen and oxygen atoms in total. The maximum absolute atomic E-state index is 13.2. The Morgan fingerprint density at radius 3 is 2.38 bits per heavy atom. The molecule has 0 saturated carbocycles. The molecule has 1 aromatic carbocycles. The zero-order chi connectivity index (χ0) is 23.3. The second-order valence-electron chi connectivity index (χ2n) is 7.98. The van der Waals surface area contributed by atoms with Gasteiger partial charge in [-0.2, -0.15) is 0 Å². The Balaban J connectivity index is 1.95. The van der Waals surface area contributed by atoms with E-state index in [0.29, 0.717) is 29.3 Å². The van der Waals surface area contributed by atoms with Gasteiger partial charge >= 0.3 is 5.69 Å². The minimum Gasteiger partial charge on any atom is -0.348 e. The lowest BCUT2D eigenvalue weighted by atomic mass is 10.1. The van der Waals surface area contributed by atoms with E-state index in [0.717, 1.165) is 35.8 Å². The first-order valence-corrected chi connectivity index (χ1v) is 11.5. The van der Waals surface area contributed by atoms with Gasteiger partial charge in [-0.1, -0.05) is 50.4 Å². The van der Waals surface area contributed by atoms with E-state index in [-0.39, 0.29) is 12.6 Å². The zero-order valence-corrected chi connectivity index (χ0v) is 19.6. The molecule has 172 valence electrons. The van der Waals surface area contributed by atoms with Gasteiger partial charge in [-0.3, -0.25) is 14.2 Å². The molecule has 3 rings (SSSR count). The summed E-state index contributed by atoms with van der Waals surface area (Å²) >= 11 is 5.93. The van der Waals surface area contributed by atoms with Crippen LogP contribution in [0.1, 0.15) is 58.1 Å². The topological polar surface area (TPSA) is 90.9 Å². The highest BCUT2D eigenvalue weighted by Gasteiger charge is 2.20. The lowest BCUT2D eigenvalue weighted by Gasteiger charge is -2.16. The van der Waals surface area contributed by atoms with Crippen molar-refractivity contribution in [1.82, 2.24) is 24.0 Å². The summed E-state index contributed by atoms with van der Waals surface area (Å²) in [6.45, 7) is 6.67. The monoisotopic (exact) mass is 459 g/mol. The molecule has 0 aliphatic carbocycles. The Kier molecular flexibility index (Phi) is 7.90. The summed E-state index contributed by atoms with van der Waals surface area (Å²) in [5, 5.41) is 3.47. The van der Waals surface area contributed by atoms with Crippen LogP contribution in [0.15, 0.2) is 40.2 Å². The van der Waals surface area contributed by atoms with Crippen LogP contribution in [0.5, 0.6) is 0 Å². The molecule has 0 spiro atoms. The maximum Gasteiger partial charge on any atom is 0.333 e. The average molecular weight is 460 g/mol. The number of rotatable bonds is 10. The van der Waals surface area contributed by atoms with Gasteiger partial charge in [-0.15, -0.1) is 0 Å². The smallest absolute Gasteiger partial charge is 0.333 e. The minimum absolute atomic E-state index is 0.295. The number of hydrogen-bond acceptors (Lipinski definition) is 4. The zero-order valence-electron chi connectivity index (χ0n) is 18.8. The number of imidazole rings is 1. The van der Waals surface area contributed by atoms with Gasteiger partial charge in [-0.25, -0.2) is 14.3 Å². The molecule has 0 aliphatic rings. The Morgan fingerprint density at radius 1 is 1.06 bits per heavy atom. The average Bonchev–Trinajstić information content (AvgIpc) is 3.19. The van der Waals surface area contributed by atoms with E-state index >= 15 is 0 Å². The van der Waals surface area contributed by atoms with Gasteiger partial charge in [0.05, 0.1) is 12.4 Å². The molecule has 2 heterocycles. The van der Waals surface area contributed by atoms with Crippen LogP contribution in [0.4, 0.5) is 0 Å². The third-order valence-electron chi connectivity index (χ3n) is 5.52. The molecule has 3 aromatic rings. The number of unbranched alkanes of at least 4 members (excludes halogenated alkanes) is 2. The number of amides is 1. The van der Waals surface area contributed by atoms with Gasteiger partial charge in [0.1, 0.15) is 6.54 Å². The van der Waals surface area contributed by atoms with Gasteiger partial charge in [0, 0.05) is 18.1 Å². The fourth-order valence-electron chi connectivity index (χ4n) is 3.66. The highest BCUT2D eigenvalue weighted by Crippen LogP contribution is 2.16. The first-order chi connectivity index (χ1) is 15.4. The van der Waals surface area contributed by atoms with Gasteiger partial charge in [0.15, 0.2) is 11.2 Å². The Labute approximate surface area is 191 Å². The summed E-state index contributed by atoms with van der Waals surface area (Å²) in [4.78, 5) is 43.5. The number of carbonyl (C=O) groups excluding carboxylic acids is 1. The number of carbonyl (C=O) groups is 1. The van der Waals surface area contributed by atoms with Crippen LogP contribution in [-0.4, -0.2) is 24.6 Å². The second-order valence-corrected chi connectivity index (χ2v) is 8.42. The van der Waals surface area contributed by atoms with Gasteiger partial charge in [0.25, 0.3) is 5.56 Å². The Hall–Kier alpha value is -2.87. The molecule has 32 heavy (non-hydrogen) atoms. The summed E-state index contributed by atoms with van der Waals surface area (Å²) in [6.07, 6.45) is 5.13. The fraction of sp³-hybridized carbons (Fsp3) is 0.478. The standard InChI is InChI=1S/C23H30ClN5O3/c1-4-6-12-27-15-25-21-20(27)22(31)29(23(32)28(21)13-7-5-2)14-19(30)26-16(3)17-8-10-18(24)11-9-17/h8-11,15-16H,4-7,12-14H2,1-3H3,(H,26,30). The highest BCUT2D eigenvalue weighted by atomic mass is 35.5. The summed E-state index contributed by atoms with van der Waals surface area (Å²) in [7, 11) is 0. The maximum atomic E-state index is 13.2. The summed E-state index contributed by atoms with van der Waals surface area (Å²) in [6, 6.07) is 6.87.